The Morgan fingerprint density at radius 1 is 0.938 bits per heavy atom. The van der Waals surface area contributed by atoms with Crippen LogP contribution in [-0.2, 0) is 25.7 Å². The molecular formula is C45H52Cl2N10O7. The Morgan fingerprint density at radius 3 is 2.42 bits per heavy atom. The van der Waals surface area contributed by atoms with Crippen molar-refractivity contribution in [2.75, 3.05) is 68.0 Å². The van der Waals surface area contributed by atoms with Crippen LogP contribution in [0.5, 0.6) is 5.75 Å². The highest BCUT2D eigenvalue weighted by Gasteiger charge is 2.41. The van der Waals surface area contributed by atoms with Crippen molar-refractivity contribution in [3.05, 3.63) is 74.1 Å². The Hall–Kier alpha value is -5.49. The van der Waals surface area contributed by atoms with Gasteiger partial charge in [0.25, 0.3) is 17.4 Å². The summed E-state index contributed by atoms with van der Waals surface area (Å²) in [5, 5.41) is 9.87. The fraction of sp³-hybridized carbons (Fsp3) is 0.489. The Balaban J connectivity index is 0.746. The van der Waals surface area contributed by atoms with Gasteiger partial charge in [0.15, 0.2) is 18.2 Å². The third-order valence-corrected chi connectivity index (χ3v) is 13.8. The number of rotatable bonds is 12. The number of pyridine rings is 1. The molecule has 2 aromatic heterocycles. The molecule has 64 heavy (non-hydrogen) atoms. The van der Waals surface area contributed by atoms with Gasteiger partial charge in [-0.2, -0.15) is 4.98 Å². The van der Waals surface area contributed by atoms with Crippen molar-refractivity contribution < 1.29 is 28.7 Å². The lowest BCUT2D eigenvalue weighted by molar-refractivity contribution is -0.137. The number of hydrogen-bond donors (Lipinski definition) is 3. The predicted molar refractivity (Wildman–Crippen MR) is 243 cm³/mol. The number of likely N-dealkylation sites (N-methyl/N-ethyl adjacent to an activating group) is 1. The number of ether oxygens (including phenoxy) is 2. The summed E-state index contributed by atoms with van der Waals surface area (Å²) < 4.78 is 13.9. The molecule has 6 heterocycles. The van der Waals surface area contributed by atoms with Crippen molar-refractivity contribution in [3.8, 4) is 5.75 Å². The van der Waals surface area contributed by atoms with Crippen LogP contribution in [0.2, 0.25) is 10.0 Å². The normalized spacial score (nSPS) is 21.9. The van der Waals surface area contributed by atoms with E-state index in [-0.39, 0.29) is 66.9 Å². The van der Waals surface area contributed by atoms with Gasteiger partial charge < -0.3 is 39.4 Å². The Kier molecular flexibility index (Phi) is 12.4. The van der Waals surface area contributed by atoms with E-state index in [9.17, 15) is 24.0 Å². The van der Waals surface area contributed by atoms with Gasteiger partial charge in [-0.1, -0.05) is 23.2 Å². The molecule has 9 rings (SSSR count). The maximum absolute atomic E-state index is 13.3. The fourth-order valence-electron chi connectivity index (χ4n) is 9.54. The lowest BCUT2D eigenvalue weighted by atomic mass is 9.87. The number of benzene rings is 2. The number of aromatic nitrogens is 3. The van der Waals surface area contributed by atoms with Crippen molar-refractivity contribution in [1.29, 1.82) is 0 Å². The number of anilines is 4. The number of fused-ring (bicyclic) bond motifs is 2. The summed E-state index contributed by atoms with van der Waals surface area (Å²) >= 11 is 13.6. The quantitative estimate of drug-likeness (QED) is 0.167. The lowest BCUT2D eigenvalue weighted by Gasteiger charge is -2.47. The van der Waals surface area contributed by atoms with E-state index in [0.29, 0.717) is 45.5 Å². The van der Waals surface area contributed by atoms with Gasteiger partial charge in [-0.05, 0) is 82.3 Å². The number of nitrogens with one attached hydrogen (secondary N) is 3. The number of nitrogens with zero attached hydrogens (tertiary/aromatic N) is 7. The minimum Gasteiger partial charge on any atom is -0.478 e. The zero-order valence-electron chi connectivity index (χ0n) is 36.1. The minimum atomic E-state index is -0.675. The molecule has 1 saturated carbocycles. The first-order valence-corrected chi connectivity index (χ1v) is 22.8. The monoisotopic (exact) mass is 914 g/mol. The van der Waals surface area contributed by atoms with Crippen LogP contribution in [0.1, 0.15) is 74.3 Å². The second kappa shape index (κ2) is 18.2. The molecule has 3 N–H and O–H groups in total. The van der Waals surface area contributed by atoms with E-state index in [2.05, 4.69) is 35.6 Å². The van der Waals surface area contributed by atoms with Gasteiger partial charge in [-0.3, -0.25) is 34.2 Å². The largest absolute Gasteiger partial charge is 0.478 e. The number of carbonyl (C=O) groups excluding carboxylic acids is 4. The highest BCUT2D eigenvalue weighted by atomic mass is 35.5. The van der Waals surface area contributed by atoms with Crippen LogP contribution in [0.3, 0.4) is 0 Å². The molecule has 4 amide bonds. The summed E-state index contributed by atoms with van der Waals surface area (Å²) in [6.07, 6.45) is 6.24. The fourth-order valence-corrected chi connectivity index (χ4v) is 10.0. The van der Waals surface area contributed by atoms with Crippen LogP contribution in [0.25, 0.3) is 10.9 Å². The summed E-state index contributed by atoms with van der Waals surface area (Å²) in [5.74, 6) is -0.167. The van der Waals surface area contributed by atoms with Gasteiger partial charge in [-0.25, -0.2) is 4.98 Å². The molecule has 19 heteroatoms. The maximum Gasteiger partial charge on any atom is 0.293 e. The van der Waals surface area contributed by atoms with Crippen LogP contribution in [0.15, 0.2) is 47.4 Å². The molecule has 4 fully saturated rings. The SMILES string of the molecule is CNC(=O)COc1cc2cc(Nc3nc(N4CCC(O[C@H]5C[C@H](N6CCN(c7ccc8c(c7Cl)CN(C7CCC(=O)NC7=O)C8=O)CC6)C5)CC4)ncc3Cl)ccc2n(C(C)C)c1=O. The minimum absolute atomic E-state index is 0.0903. The van der Waals surface area contributed by atoms with Crippen molar-refractivity contribution in [1.82, 2.24) is 35.0 Å². The molecule has 1 unspecified atom stereocenters. The molecule has 338 valence electrons. The second-order valence-electron chi connectivity index (χ2n) is 17.4. The Morgan fingerprint density at radius 2 is 1.70 bits per heavy atom. The lowest BCUT2D eigenvalue weighted by Crippen LogP contribution is -2.56. The van der Waals surface area contributed by atoms with E-state index in [1.54, 1.807) is 16.8 Å². The third kappa shape index (κ3) is 8.70. The second-order valence-corrected chi connectivity index (χ2v) is 18.2. The molecule has 0 radical (unpaired) electrons. The molecule has 0 bridgehead atoms. The molecule has 4 aliphatic heterocycles. The van der Waals surface area contributed by atoms with Gasteiger partial charge in [0.05, 0.1) is 34.6 Å². The van der Waals surface area contributed by atoms with Crippen LogP contribution in [0.4, 0.5) is 23.1 Å². The number of carbonyl (C=O) groups is 4. The van der Waals surface area contributed by atoms with Crippen LogP contribution in [-0.4, -0.2) is 125 Å². The summed E-state index contributed by atoms with van der Waals surface area (Å²) in [6.45, 7) is 8.77. The van der Waals surface area contributed by atoms with Crippen molar-refractivity contribution in [2.45, 2.75) is 89.3 Å². The average molecular weight is 916 g/mol. The van der Waals surface area contributed by atoms with Crippen LogP contribution in [0, 0.1) is 0 Å². The van der Waals surface area contributed by atoms with Crippen molar-refractivity contribution in [3.63, 3.8) is 0 Å². The molecule has 0 spiro atoms. The zero-order chi connectivity index (χ0) is 44.8. The Bertz CT molecular complexity index is 2550. The number of piperidine rings is 2. The van der Waals surface area contributed by atoms with E-state index in [0.717, 1.165) is 87.1 Å². The zero-order valence-corrected chi connectivity index (χ0v) is 37.6. The van der Waals surface area contributed by atoms with E-state index in [1.165, 1.54) is 11.9 Å². The highest BCUT2D eigenvalue weighted by Crippen LogP contribution is 2.40. The molecular weight excluding hydrogens is 863 g/mol. The van der Waals surface area contributed by atoms with Crippen molar-refractivity contribution in [2.24, 2.45) is 0 Å². The van der Waals surface area contributed by atoms with Crippen LogP contribution < -0.4 is 36.0 Å². The Labute approximate surface area is 380 Å². The van der Waals surface area contributed by atoms with Gasteiger partial charge in [0.1, 0.15) is 11.1 Å². The first kappa shape index (κ1) is 43.7. The summed E-state index contributed by atoms with van der Waals surface area (Å²) in [5.41, 5.74) is 3.30. The van der Waals surface area contributed by atoms with E-state index >= 15 is 0 Å². The van der Waals surface area contributed by atoms with Gasteiger partial charge in [-0.15, -0.1) is 0 Å². The smallest absolute Gasteiger partial charge is 0.293 e. The molecule has 1 aliphatic carbocycles. The number of piperazine rings is 1. The molecule has 1 atom stereocenters. The summed E-state index contributed by atoms with van der Waals surface area (Å²) in [7, 11) is 1.51. The van der Waals surface area contributed by atoms with Crippen LogP contribution >= 0.6 is 23.2 Å². The van der Waals surface area contributed by atoms with Gasteiger partial charge >= 0.3 is 0 Å². The third-order valence-electron chi connectivity index (χ3n) is 13.1. The topological polar surface area (TPSA) is 184 Å². The predicted octanol–water partition coefficient (Wildman–Crippen LogP) is 4.65. The number of amides is 4. The van der Waals surface area contributed by atoms with Gasteiger partial charge in [0, 0.05) is 93.6 Å². The molecule has 2 aromatic carbocycles. The standard InChI is InChI=1S/C45H52Cl2N10O7/c1-25(2)57-34-6-4-27(18-26(34)19-37(44(57)62)63-24-39(59)48-3)50-41-33(46)22-49-45(52-41)55-12-10-29(11-13-55)64-30-20-28(21-30)53-14-16-54(17-15-53)35-7-5-31-32(40(35)47)23-56(43(31)61)36-8-9-38(58)51-42(36)60/h4-7,18-19,22,25,28-30,36H,8-17,20-21,23-24H2,1-3H3,(H,48,59)(H,49,50,52)(H,51,58,60)/t28-,30-,36?. The summed E-state index contributed by atoms with van der Waals surface area (Å²) in [6, 6.07) is 10.7. The summed E-state index contributed by atoms with van der Waals surface area (Å²) in [4.78, 5) is 80.4. The molecule has 17 nitrogen and oxygen atoms in total. The number of imide groups is 1. The van der Waals surface area contributed by atoms with E-state index in [4.69, 9.17) is 37.7 Å². The number of halogens is 2. The molecule has 3 saturated heterocycles. The molecule has 4 aromatic rings. The van der Waals surface area contributed by atoms with Crippen molar-refractivity contribution >= 4 is 80.9 Å². The van der Waals surface area contributed by atoms with E-state index < -0.39 is 11.9 Å². The van der Waals surface area contributed by atoms with E-state index in [1.807, 2.05) is 44.2 Å². The first-order chi connectivity index (χ1) is 30.8. The average Bonchev–Trinajstić information content (AvgIpc) is 3.61. The maximum atomic E-state index is 13.3. The molecule has 5 aliphatic rings. The van der Waals surface area contributed by atoms with Gasteiger partial charge in [0.2, 0.25) is 17.8 Å². The first-order valence-electron chi connectivity index (χ1n) is 22.0. The number of hydrogen-bond acceptors (Lipinski definition) is 13. The highest BCUT2D eigenvalue weighted by molar-refractivity contribution is 6.35.